The number of para-hydroxylation sites is 1. The van der Waals surface area contributed by atoms with E-state index in [0.29, 0.717) is 34.2 Å². The average molecular weight is 399 g/mol. The maximum Gasteiger partial charge on any atom is 0.344 e. The number of hydrogen-bond acceptors (Lipinski definition) is 3. The molecule has 0 radical (unpaired) electrons. The first-order valence-electron chi connectivity index (χ1n) is 8.64. The van der Waals surface area contributed by atoms with Crippen LogP contribution in [0.4, 0.5) is 0 Å². The Morgan fingerprint density at radius 3 is 2.70 bits per heavy atom. The van der Waals surface area contributed by atoms with E-state index >= 15 is 0 Å². The molecule has 3 nitrogen and oxygen atoms in total. The molecule has 5 heteroatoms. The summed E-state index contributed by atoms with van der Waals surface area (Å²) in [5, 5.41) is 0.780. The van der Waals surface area contributed by atoms with E-state index in [2.05, 4.69) is 0 Å². The Balaban J connectivity index is 1.76. The lowest BCUT2D eigenvalue weighted by atomic mass is 9.91. The maximum absolute atomic E-state index is 13.1. The average Bonchev–Trinajstić information content (AvgIpc) is 2.68. The summed E-state index contributed by atoms with van der Waals surface area (Å²) in [7, 11) is 0. The van der Waals surface area contributed by atoms with Crippen LogP contribution in [0.1, 0.15) is 34.0 Å². The van der Waals surface area contributed by atoms with Crippen molar-refractivity contribution in [3.63, 3.8) is 0 Å². The zero-order valence-electron chi connectivity index (χ0n) is 14.6. The van der Waals surface area contributed by atoms with E-state index in [4.69, 9.17) is 32.7 Å². The second-order valence-corrected chi connectivity index (χ2v) is 7.12. The van der Waals surface area contributed by atoms with Crippen LogP contribution < -0.4 is 9.47 Å². The Kier molecular flexibility index (Phi) is 4.81. The first-order valence-corrected chi connectivity index (χ1v) is 9.40. The van der Waals surface area contributed by atoms with Gasteiger partial charge in [0.15, 0.2) is 5.75 Å². The summed E-state index contributed by atoms with van der Waals surface area (Å²) in [6.45, 7) is 2.00. The number of esters is 1. The summed E-state index contributed by atoms with van der Waals surface area (Å²) in [4.78, 5) is 13.1. The monoisotopic (exact) mass is 398 g/mol. The smallest absolute Gasteiger partial charge is 0.344 e. The number of halogens is 2. The molecule has 3 aromatic carbocycles. The van der Waals surface area contributed by atoms with Crippen LogP contribution >= 0.6 is 23.2 Å². The Morgan fingerprint density at radius 1 is 1.07 bits per heavy atom. The van der Waals surface area contributed by atoms with Gasteiger partial charge < -0.3 is 9.47 Å². The molecule has 0 unspecified atom stereocenters. The predicted molar refractivity (Wildman–Crippen MR) is 107 cm³/mol. The van der Waals surface area contributed by atoms with E-state index in [9.17, 15) is 4.79 Å². The number of ether oxygens (including phenoxy) is 2. The molecule has 1 heterocycles. The molecule has 0 bridgehead atoms. The van der Waals surface area contributed by atoms with Crippen LogP contribution in [-0.4, -0.2) is 5.97 Å². The number of benzene rings is 3. The summed E-state index contributed by atoms with van der Waals surface area (Å²) in [5.41, 5.74) is 3.30. The van der Waals surface area contributed by atoms with Crippen LogP contribution in [-0.2, 0) is 12.8 Å². The number of carbonyl (C=O) groups excluding carboxylic acids is 1. The number of hydrogen-bond donors (Lipinski definition) is 0. The number of aryl methyl sites for hydroxylation is 1. The molecule has 4 rings (SSSR count). The highest BCUT2D eigenvalue weighted by Crippen LogP contribution is 2.40. The lowest BCUT2D eigenvalue weighted by Gasteiger charge is -2.23. The highest BCUT2D eigenvalue weighted by molar-refractivity contribution is 6.34. The highest BCUT2D eigenvalue weighted by atomic mass is 35.5. The fourth-order valence-corrected chi connectivity index (χ4v) is 3.58. The van der Waals surface area contributed by atoms with Crippen LogP contribution in [0.3, 0.4) is 0 Å². The van der Waals surface area contributed by atoms with Gasteiger partial charge in [-0.3, -0.25) is 0 Å². The quantitative estimate of drug-likeness (QED) is 0.293. The van der Waals surface area contributed by atoms with Gasteiger partial charge in [-0.15, -0.1) is 0 Å². The number of carbonyl (C=O) groups is 1. The predicted octanol–water partition coefficient (Wildman–Crippen LogP) is 6.47. The fraction of sp³-hybridized carbons (Fsp3) is 0.136. The summed E-state index contributed by atoms with van der Waals surface area (Å²) in [5.74, 6) is 1.27. The minimum Gasteiger partial charge on any atom is -0.457 e. The van der Waals surface area contributed by atoms with Crippen molar-refractivity contribution < 1.29 is 14.3 Å². The van der Waals surface area contributed by atoms with E-state index in [-0.39, 0.29) is 5.75 Å². The molecule has 1 aliphatic rings. The topological polar surface area (TPSA) is 35.5 Å². The molecule has 0 saturated heterocycles. The molecule has 1 aliphatic heterocycles. The molecular weight excluding hydrogens is 383 g/mol. The molecular formula is C22H16Cl2O3. The summed E-state index contributed by atoms with van der Waals surface area (Å²) < 4.78 is 11.6. The maximum atomic E-state index is 13.1. The fourth-order valence-electron chi connectivity index (χ4n) is 3.26. The molecule has 0 aromatic heterocycles. The third-order valence-electron chi connectivity index (χ3n) is 4.60. The van der Waals surface area contributed by atoms with Crippen LogP contribution in [0, 0.1) is 0 Å². The van der Waals surface area contributed by atoms with Gasteiger partial charge in [-0.2, -0.15) is 0 Å². The van der Waals surface area contributed by atoms with Crippen molar-refractivity contribution in [3.8, 4) is 17.2 Å². The molecule has 0 spiro atoms. The molecule has 0 N–H and O–H groups in total. The van der Waals surface area contributed by atoms with Crippen molar-refractivity contribution in [1.82, 2.24) is 0 Å². The van der Waals surface area contributed by atoms with Gasteiger partial charge in [-0.25, -0.2) is 4.79 Å². The molecule has 3 aromatic rings. The van der Waals surface area contributed by atoms with Crippen molar-refractivity contribution in [2.45, 2.75) is 19.8 Å². The van der Waals surface area contributed by atoms with Gasteiger partial charge in [-0.05, 0) is 41.8 Å². The van der Waals surface area contributed by atoms with Crippen molar-refractivity contribution >= 4 is 29.2 Å². The van der Waals surface area contributed by atoms with Gasteiger partial charge in [0.2, 0.25) is 0 Å². The SMILES string of the molecule is CCc1ccc2c(c1C(=O)Oc1cc(Cl)ccc1Cl)Cc1ccccc1O2. The molecule has 27 heavy (non-hydrogen) atoms. The first-order chi connectivity index (χ1) is 13.1. The lowest BCUT2D eigenvalue weighted by Crippen LogP contribution is -2.17. The van der Waals surface area contributed by atoms with Crippen LogP contribution in [0.2, 0.25) is 10.0 Å². The van der Waals surface area contributed by atoms with E-state index in [1.807, 2.05) is 43.3 Å². The van der Waals surface area contributed by atoms with E-state index in [1.165, 1.54) is 6.07 Å². The van der Waals surface area contributed by atoms with Gasteiger partial charge in [0, 0.05) is 23.1 Å². The Bertz CT molecular complexity index is 1040. The van der Waals surface area contributed by atoms with Crippen LogP contribution in [0.15, 0.2) is 54.6 Å². The van der Waals surface area contributed by atoms with Gasteiger partial charge in [0.25, 0.3) is 0 Å². The standard InChI is InChI=1S/C22H16Cl2O3/c1-2-13-7-10-19-16(11-14-5-3-4-6-18(14)26-19)21(13)22(25)27-20-12-15(23)8-9-17(20)24/h3-10,12H,2,11H2,1H3. The van der Waals surface area contributed by atoms with E-state index < -0.39 is 5.97 Å². The third kappa shape index (κ3) is 3.41. The number of fused-ring (bicyclic) bond motifs is 2. The van der Waals surface area contributed by atoms with Gasteiger partial charge in [0.05, 0.1) is 10.6 Å². The van der Waals surface area contributed by atoms with Gasteiger partial charge in [-0.1, -0.05) is 54.4 Å². The second-order valence-electron chi connectivity index (χ2n) is 6.28. The zero-order valence-corrected chi connectivity index (χ0v) is 16.1. The summed E-state index contributed by atoms with van der Waals surface area (Å²) >= 11 is 12.2. The first kappa shape index (κ1) is 17.9. The molecule has 0 atom stereocenters. The van der Waals surface area contributed by atoms with Gasteiger partial charge in [0.1, 0.15) is 11.5 Å². The minimum absolute atomic E-state index is 0.242. The zero-order chi connectivity index (χ0) is 19.0. The van der Waals surface area contributed by atoms with E-state index in [1.54, 1.807) is 12.1 Å². The Morgan fingerprint density at radius 2 is 1.89 bits per heavy atom. The van der Waals surface area contributed by atoms with E-state index in [0.717, 1.165) is 22.4 Å². The summed E-state index contributed by atoms with van der Waals surface area (Å²) in [6.07, 6.45) is 1.30. The van der Waals surface area contributed by atoms with Gasteiger partial charge >= 0.3 is 5.97 Å². The molecule has 0 fully saturated rings. The largest absolute Gasteiger partial charge is 0.457 e. The normalized spacial score (nSPS) is 12.0. The highest BCUT2D eigenvalue weighted by Gasteiger charge is 2.26. The Labute approximate surface area is 167 Å². The molecule has 136 valence electrons. The summed E-state index contributed by atoms with van der Waals surface area (Å²) in [6, 6.07) is 16.4. The molecule has 0 amide bonds. The minimum atomic E-state index is -0.462. The van der Waals surface area contributed by atoms with Crippen LogP contribution in [0.25, 0.3) is 0 Å². The third-order valence-corrected chi connectivity index (χ3v) is 5.14. The van der Waals surface area contributed by atoms with Crippen molar-refractivity contribution in [2.24, 2.45) is 0 Å². The van der Waals surface area contributed by atoms with Crippen molar-refractivity contribution in [2.75, 3.05) is 0 Å². The number of rotatable bonds is 3. The Hall–Kier alpha value is -2.49. The molecule has 0 saturated carbocycles. The molecule has 0 aliphatic carbocycles. The van der Waals surface area contributed by atoms with Crippen molar-refractivity contribution in [1.29, 1.82) is 0 Å². The van der Waals surface area contributed by atoms with Crippen molar-refractivity contribution in [3.05, 3.63) is 86.9 Å². The second kappa shape index (κ2) is 7.26. The van der Waals surface area contributed by atoms with Crippen LogP contribution in [0.5, 0.6) is 17.2 Å². The lowest BCUT2D eigenvalue weighted by molar-refractivity contribution is 0.0732.